The number of hydrogen-bond acceptors (Lipinski definition) is 2. The van der Waals surface area contributed by atoms with Crippen LogP contribution in [0.25, 0.3) is 0 Å². The summed E-state index contributed by atoms with van der Waals surface area (Å²) < 4.78 is 39.9. The van der Waals surface area contributed by atoms with Crippen LogP contribution in [0, 0.1) is 5.82 Å². The smallest absolute Gasteiger partial charge is 0.271 e. The molecule has 0 aliphatic heterocycles. The molecular formula is C9H12ClFN2O2S. The number of anilines is 1. The molecule has 0 aliphatic rings. The molecule has 0 bridgehead atoms. The number of alkyl halides is 1. The van der Waals surface area contributed by atoms with Crippen molar-refractivity contribution in [3.8, 4) is 0 Å². The molecule has 0 unspecified atom stereocenters. The van der Waals surface area contributed by atoms with Crippen molar-refractivity contribution >= 4 is 27.5 Å². The van der Waals surface area contributed by atoms with Gasteiger partial charge in [-0.1, -0.05) is 0 Å². The normalized spacial score (nSPS) is 11.4. The Kier molecular flexibility index (Phi) is 4.98. The zero-order chi connectivity index (χ0) is 12.0. The van der Waals surface area contributed by atoms with Gasteiger partial charge < -0.3 is 0 Å². The third-order valence-corrected chi connectivity index (χ3v) is 3.05. The van der Waals surface area contributed by atoms with Crippen LogP contribution in [0.1, 0.15) is 6.42 Å². The van der Waals surface area contributed by atoms with E-state index in [1.165, 1.54) is 24.3 Å². The summed E-state index contributed by atoms with van der Waals surface area (Å²) in [7, 11) is -3.60. The highest BCUT2D eigenvalue weighted by Gasteiger charge is 2.08. The largest absolute Gasteiger partial charge is 0.299 e. The van der Waals surface area contributed by atoms with Gasteiger partial charge in [-0.25, -0.2) is 4.39 Å². The van der Waals surface area contributed by atoms with Crippen LogP contribution in [0.5, 0.6) is 0 Å². The fraction of sp³-hybridized carbons (Fsp3) is 0.333. The maximum absolute atomic E-state index is 12.6. The van der Waals surface area contributed by atoms with E-state index in [-0.39, 0.29) is 6.54 Å². The Morgan fingerprint density at radius 2 is 1.88 bits per heavy atom. The average molecular weight is 267 g/mol. The fourth-order valence-corrected chi connectivity index (χ4v) is 2.05. The monoisotopic (exact) mass is 266 g/mol. The van der Waals surface area contributed by atoms with Crippen molar-refractivity contribution in [3.05, 3.63) is 30.1 Å². The van der Waals surface area contributed by atoms with Gasteiger partial charge in [0.1, 0.15) is 5.82 Å². The molecule has 7 heteroatoms. The van der Waals surface area contributed by atoms with Crippen molar-refractivity contribution in [2.24, 2.45) is 0 Å². The Bertz CT molecular complexity index is 422. The minimum absolute atomic E-state index is 0.264. The highest BCUT2D eigenvalue weighted by Crippen LogP contribution is 2.09. The minimum atomic E-state index is -3.60. The summed E-state index contributed by atoms with van der Waals surface area (Å²) in [6.45, 7) is 0.264. The van der Waals surface area contributed by atoms with E-state index in [0.717, 1.165) is 0 Å². The molecule has 0 atom stereocenters. The van der Waals surface area contributed by atoms with E-state index in [0.29, 0.717) is 18.0 Å². The second kappa shape index (κ2) is 6.03. The summed E-state index contributed by atoms with van der Waals surface area (Å²) in [5.74, 6) is -0.0305. The van der Waals surface area contributed by atoms with Crippen molar-refractivity contribution < 1.29 is 12.8 Å². The zero-order valence-electron chi connectivity index (χ0n) is 8.41. The highest BCUT2D eigenvalue weighted by atomic mass is 35.5. The molecule has 0 heterocycles. The van der Waals surface area contributed by atoms with Gasteiger partial charge in [0, 0.05) is 18.1 Å². The summed E-state index contributed by atoms with van der Waals surface area (Å²) in [4.78, 5) is 0. The van der Waals surface area contributed by atoms with Crippen molar-refractivity contribution in [2.45, 2.75) is 6.42 Å². The van der Waals surface area contributed by atoms with Gasteiger partial charge >= 0.3 is 0 Å². The molecule has 1 aromatic rings. The lowest BCUT2D eigenvalue weighted by atomic mass is 10.3. The van der Waals surface area contributed by atoms with E-state index >= 15 is 0 Å². The summed E-state index contributed by atoms with van der Waals surface area (Å²) in [5.41, 5.74) is 0.305. The van der Waals surface area contributed by atoms with E-state index < -0.39 is 16.0 Å². The van der Waals surface area contributed by atoms with E-state index in [4.69, 9.17) is 11.6 Å². The van der Waals surface area contributed by atoms with Crippen molar-refractivity contribution in [1.82, 2.24) is 4.72 Å². The highest BCUT2D eigenvalue weighted by molar-refractivity contribution is 7.90. The third kappa shape index (κ3) is 4.78. The molecule has 0 fully saturated rings. The van der Waals surface area contributed by atoms with Gasteiger partial charge in [0.15, 0.2) is 0 Å². The molecule has 1 aromatic carbocycles. The van der Waals surface area contributed by atoms with E-state index in [9.17, 15) is 12.8 Å². The van der Waals surface area contributed by atoms with Crippen LogP contribution in [0.2, 0.25) is 0 Å². The van der Waals surface area contributed by atoms with Crippen LogP contribution < -0.4 is 9.44 Å². The van der Waals surface area contributed by atoms with Crippen LogP contribution in [0.15, 0.2) is 24.3 Å². The molecule has 0 spiro atoms. The Labute approximate surface area is 99.0 Å². The molecule has 1 rings (SSSR count). The second-order valence-corrected chi connectivity index (χ2v) is 4.93. The van der Waals surface area contributed by atoms with Gasteiger partial charge in [-0.15, -0.1) is 11.6 Å². The topological polar surface area (TPSA) is 58.2 Å². The van der Waals surface area contributed by atoms with Crippen molar-refractivity contribution in [1.29, 1.82) is 0 Å². The lowest BCUT2D eigenvalue weighted by Crippen LogP contribution is -2.31. The first-order valence-corrected chi connectivity index (χ1v) is 6.64. The first kappa shape index (κ1) is 13.2. The molecule has 0 saturated heterocycles. The van der Waals surface area contributed by atoms with Gasteiger partial charge in [0.2, 0.25) is 0 Å². The van der Waals surface area contributed by atoms with Crippen molar-refractivity contribution in [2.75, 3.05) is 17.1 Å². The molecule has 16 heavy (non-hydrogen) atoms. The second-order valence-electron chi connectivity index (χ2n) is 3.05. The third-order valence-electron chi connectivity index (χ3n) is 1.70. The molecule has 2 N–H and O–H groups in total. The molecule has 4 nitrogen and oxygen atoms in total. The molecule has 90 valence electrons. The lowest BCUT2D eigenvalue weighted by Gasteiger charge is -2.08. The summed E-state index contributed by atoms with van der Waals surface area (Å²) in [5, 5.41) is 0. The first-order chi connectivity index (χ1) is 7.53. The van der Waals surface area contributed by atoms with Gasteiger partial charge in [0.05, 0.1) is 0 Å². The molecule has 0 radical (unpaired) electrons. The standard InChI is InChI=1S/C9H12ClFN2O2S/c10-6-1-7-12-16(14,15)13-9-4-2-8(11)3-5-9/h2-5,12-13H,1,6-7H2. The number of halogens is 2. The Morgan fingerprint density at radius 1 is 1.25 bits per heavy atom. The van der Waals surface area contributed by atoms with Crippen LogP contribution in [-0.4, -0.2) is 20.8 Å². The molecule has 0 amide bonds. The quantitative estimate of drug-likeness (QED) is 0.608. The Balaban J connectivity index is 2.55. The van der Waals surface area contributed by atoms with Crippen LogP contribution in [-0.2, 0) is 10.2 Å². The zero-order valence-corrected chi connectivity index (χ0v) is 9.98. The summed E-state index contributed by atoms with van der Waals surface area (Å²) in [6, 6.07) is 5.04. The Hall–Kier alpha value is -0.850. The Morgan fingerprint density at radius 3 is 2.44 bits per heavy atom. The molecule has 0 aliphatic carbocycles. The number of benzene rings is 1. The predicted octanol–water partition coefficient (Wildman–Crippen LogP) is 1.70. The minimum Gasteiger partial charge on any atom is -0.271 e. The molecular weight excluding hydrogens is 255 g/mol. The van der Waals surface area contributed by atoms with Gasteiger partial charge in [0.25, 0.3) is 10.2 Å². The van der Waals surface area contributed by atoms with Gasteiger partial charge in [-0.05, 0) is 30.7 Å². The summed E-state index contributed by atoms with van der Waals surface area (Å²) in [6.07, 6.45) is 0.548. The molecule has 0 saturated carbocycles. The maximum atomic E-state index is 12.6. The van der Waals surface area contributed by atoms with Crippen LogP contribution in [0.3, 0.4) is 0 Å². The fourth-order valence-electron chi connectivity index (χ4n) is 0.983. The first-order valence-electron chi connectivity index (χ1n) is 4.62. The SMILES string of the molecule is O=S(=O)(NCCCCl)Nc1ccc(F)cc1. The van der Waals surface area contributed by atoms with E-state index in [2.05, 4.69) is 9.44 Å². The predicted molar refractivity (Wildman–Crippen MR) is 62.3 cm³/mol. The number of hydrogen-bond donors (Lipinski definition) is 2. The average Bonchev–Trinajstić information content (AvgIpc) is 2.21. The van der Waals surface area contributed by atoms with Gasteiger partial charge in [-0.3, -0.25) is 4.72 Å². The van der Waals surface area contributed by atoms with Gasteiger partial charge in [-0.2, -0.15) is 13.1 Å². The van der Waals surface area contributed by atoms with Crippen LogP contribution >= 0.6 is 11.6 Å². The van der Waals surface area contributed by atoms with Crippen LogP contribution in [0.4, 0.5) is 10.1 Å². The lowest BCUT2D eigenvalue weighted by molar-refractivity contribution is 0.586. The van der Waals surface area contributed by atoms with E-state index in [1.54, 1.807) is 0 Å². The van der Waals surface area contributed by atoms with Crippen molar-refractivity contribution in [3.63, 3.8) is 0 Å². The summed E-state index contributed by atoms with van der Waals surface area (Å²) >= 11 is 5.41. The number of rotatable bonds is 6. The van der Waals surface area contributed by atoms with E-state index in [1.807, 2.05) is 0 Å². The number of nitrogens with one attached hydrogen (secondary N) is 2. The molecule has 0 aromatic heterocycles. The maximum Gasteiger partial charge on any atom is 0.299 e.